The number of hydrogen-bond donors (Lipinski definition) is 5. The van der Waals surface area contributed by atoms with Gasteiger partial charge in [-0.15, -0.1) is 0 Å². The van der Waals surface area contributed by atoms with Crippen LogP contribution in [0.1, 0.15) is 12.0 Å². The highest BCUT2D eigenvalue weighted by molar-refractivity contribution is 5.99. The SMILES string of the molecule is COc1cc([N+](=O)[O-])ccc1NC(=O)Nc1ncc(-c2ccc(CNCCCN)c(F)c2)c(=O)[nH]1. The number of nitrogens with one attached hydrogen (secondary N) is 4. The Balaban J connectivity index is 1.68. The summed E-state index contributed by atoms with van der Waals surface area (Å²) < 4.78 is 19.5. The van der Waals surface area contributed by atoms with E-state index in [0.29, 0.717) is 30.8 Å². The highest BCUT2D eigenvalue weighted by Gasteiger charge is 2.15. The number of carbonyl (C=O) groups excluding carboxylic acids is 1. The number of nitro benzene ring substituents is 1. The van der Waals surface area contributed by atoms with E-state index in [1.807, 2.05) is 0 Å². The van der Waals surface area contributed by atoms with Crippen LogP contribution in [0, 0.1) is 15.9 Å². The van der Waals surface area contributed by atoms with Crippen LogP contribution in [0.5, 0.6) is 5.75 Å². The van der Waals surface area contributed by atoms with Gasteiger partial charge < -0.3 is 21.1 Å². The number of hydrogen-bond acceptors (Lipinski definition) is 8. The number of aromatic amines is 1. The Labute approximate surface area is 198 Å². The third-order valence-corrected chi connectivity index (χ3v) is 4.91. The number of halogens is 1. The summed E-state index contributed by atoms with van der Waals surface area (Å²) in [5, 5.41) is 18.8. The van der Waals surface area contributed by atoms with Crippen molar-refractivity contribution in [3.8, 4) is 16.9 Å². The number of benzene rings is 2. The highest BCUT2D eigenvalue weighted by atomic mass is 19.1. The molecule has 2 aromatic carbocycles. The summed E-state index contributed by atoms with van der Waals surface area (Å²) in [5.74, 6) is -0.551. The summed E-state index contributed by atoms with van der Waals surface area (Å²) in [4.78, 5) is 41.5. The van der Waals surface area contributed by atoms with Gasteiger partial charge in [0.05, 0.1) is 29.4 Å². The van der Waals surface area contributed by atoms with Gasteiger partial charge in [-0.1, -0.05) is 12.1 Å². The Morgan fingerprint density at radius 2 is 2.06 bits per heavy atom. The first-order chi connectivity index (χ1) is 16.8. The molecular formula is C22H24FN7O5. The Bertz CT molecular complexity index is 1280. The molecule has 6 N–H and O–H groups in total. The molecule has 0 spiro atoms. The highest BCUT2D eigenvalue weighted by Crippen LogP contribution is 2.29. The van der Waals surface area contributed by atoms with Crippen molar-refractivity contribution in [2.24, 2.45) is 5.73 Å². The molecule has 0 aliphatic rings. The van der Waals surface area contributed by atoms with Crippen molar-refractivity contribution >= 4 is 23.4 Å². The van der Waals surface area contributed by atoms with E-state index in [2.05, 4.69) is 25.9 Å². The minimum Gasteiger partial charge on any atom is -0.494 e. The first kappa shape index (κ1) is 25.3. The molecule has 3 aromatic rings. The fourth-order valence-electron chi connectivity index (χ4n) is 3.13. The van der Waals surface area contributed by atoms with Crippen LogP contribution < -0.4 is 32.0 Å². The summed E-state index contributed by atoms with van der Waals surface area (Å²) in [6.07, 6.45) is 2.00. The molecule has 3 rings (SSSR count). The number of methoxy groups -OCH3 is 1. The summed E-state index contributed by atoms with van der Waals surface area (Å²) in [7, 11) is 1.30. The lowest BCUT2D eigenvalue weighted by Crippen LogP contribution is -2.23. The van der Waals surface area contributed by atoms with Crippen molar-refractivity contribution in [2.45, 2.75) is 13.0 Å². The van der Waals surface area contributed by atoms with Crippen LogP contribution in [0.15, 0.2) is 47.4 Å². The van der Waals surface area contributed by atoms with E-state index in [-0.39, 0.29) is 28.6 Å². The Kier molecular flexibility index (Phi) is 8.43. The summed E-state index contributed by atoms with van der Waals surface area (Å²) in [6, 6.07) is 7.32. The fourth-order valence-corrected chi connectivity index (χ4v) is 3.13. The molecule has 0 saturated carbocycles. The number of carbonyl (C=O) groups is 1. The molecule has 2 amide bonds. The van der Waals surface area contributed by atoms with E-state index in [4.69, 9.17) is 10.5 Å². The van der Waals surface area contributed by atoms with E-state index in [0.717, 1.165) is 12.5 Å². The number of nitro groups is 1. The normalized spacial score (nSPS) is 10.6. The van der Waals surface area contributed by atoms with Gasteiger partial charge in [0.1, 0.15) is 11.6 Å². The molecule has 0 aliphatic heterocycles. The van der Waals surface area contributed by atoms with Gasteiger partial charge in [0.15, 0.2) is 0 Å². The van der Waals surface area contributed by atoms with Crippen LogP contribution in [0.25, 0.3) is 11.1 Å². The molecule has 1 aromatic heterocycles. The molecule has 0 unspecified atom stereocenters. The van der Waals surface area contributed by atoms with E-state index < -0.39 is 22.3 Å². The topological polar surface area (TPSA) is 177 Å². The van der Waals surface area contributed by atoms with Gasteiger partial charge in [-0.3, -0.25) is 25.2 Å². The lowest BCUT2D eigenvalue weighted by molar-refractivity contribution is -0.384. The molecule has 1 heterocycles. The summed E-state index contributed by atoms with van der Waals surface area (Å²) in [5.41, 5.74) is 5.70. The first-order valence-corrected chi connectivity index (χ1v) is 10.5. The second-order valence-electron chi connectivity index (χ2n) is 7.32. The second kappa shape index (κ2) is 11.7. The van der Waals surface area contributed by atoms with E-state index in [1.165, 1.54) is 31.5 Å². The van der Waals surface area contributed by atoms with Gasteiger partial charge in [-0.05, 0) is 37.2 Å². The molecule has 0 saturated heterocycles. The maximum atomic E-state index is 14.5. The zero-order chi connectivity index (χ0) is 25.4. The van der Waals surface area contributed by atoms with Gasteiger partial charge in [-0.25, -0.2) is 14.2 Å². The number of anilines is 2. The number of urea groups is 1. The van der Waals surface area contributed by atoms with Crippen molar-refractivity contribution < 1.29 is 18.8 Å². The van der Waals surface area contributed by atoms with E-state index >= 15 is 0 Å². The number of nitrogens with two attached hydrogens (primary N) is 1. The minimum atomic E-state index is -0.773. The fraction of sp³-hybridized carbons (Fsp3) is 0.227. The van der Waals surface area contributed by atoms with E-state index in [1.54, 1.807) is 12.1 Å². The van der Waals surface area contributed by atoms with Gasteiger partial charge >= 0.3 is 6.03 Å². The van der Waals surface area contributed by atoms with Crippen LogP contribution in [0.4, 0.5) is 26.5 Å². The van der Waals surface area contributed by atoms with Gasteiger partial charge in [-0.2, -0.15) is 0 Å². The smallest absolute Gasteiger partial charge is 0.326 e. The van der Waals surface area contributed by atoms with Gasteiger partial charge in [0.25, 0.3) is 11.2 Å². The third kappa shape index (κ3) is 6.59. The van der Waals surface area contributed by atoms with Crippen LogP contribution in [0.2, 0.25) is 0 Å². The Morgan fingerprint density at radius 1 is 1.26 bits per heavy atom. The van der Waals surface area contributed by atoms with Crippen molar-refractivity contribution in [3.63, 3.8) is 0 Å². The second-order valence-corrected chi connectivity index (χ2v) is 7.32. The molecule has 13 heteroatoms. The van der Waals surface area contributed by atoms with Crippen molar-refractivity contribution in [1.82, 2.24) is 15.3 Å². The zero-order valence-corrected chi connectivity index (χ0v) is 18.8. The number of nitrogens with zero attached hydrogens (tertiary/aromatic N) is 2. The van der Waals surface area contributed by atoms with Crippen molar-refractivity contribution in [2.75, 3.05) is 30.8 Å². The van der Waals surface area contributed by atoms with Crippen LogP contribution in [-0.4, -0.2) is 41.1 Å². The maximum Gasteiger partial charge on any atom is 0.326 e. The molecule has 35 heavy (non-hydrogen) atoms. The predicted molar refractivity (Wildman–Crippen MR) is 128 cm³/mol. The molecule has 0 atom stereocenters. The standard InChI is InChI=1S/C22H24FN7O5/c1-35-19-10-15(30(33)34)5-6-18(19)27-22(32)29-21-26-12-16(20(31)28-21)13-3-4-14(17(23)9-13)11-25-8-2-7-24/h3-6,9-10,12,25H,2,7-8,11,24H2,1H3,(H3,26,27,28,29,31,32). The minimum absolute atomic E-state index is 0.0752. The lowest BCUT2D eigenvalue weighted by Gasteiger charge is -2.11. The molecule has 0 fully saturated rings. The first-order valence-electron chi connectivity index (χ1n) is 10.5. The van der Waals surface area contributed by atoms with Crippen molar-refractivity contribution in [3.05, 3.63) is 74.4 Å². The molecule has 0 bridgehead atoms. The number of rotatable bonds is 10. The van der Waals surface area contributed by atoms with Crippen molar-refractivity contribution in [1.29, 1.82) is 0 Å². The molecule has 0 radical (unpaired) electrons. The molecular weight excluding hydrogens is 461 g/mol. The number of aromatic nitrogens is 2. The van der Waals surface area contributed by atoms with Gasteiger partial charge in [0.2, 0.25) is 5.95 Å². The number of non-ortho nitro benzene ring substituents is 1. The average Bonchev–Trinajstić information content (AvgIpc) is 2.82. The average molecular weight is 485 g/mol. The molecule has 184 valence electrons. The predicted octanol–water partition coefficient (Wildman–Crippen LogP) is 2.58. The molecule has 12 nitrogen and oxygen atoms in total. The maximum absolute atomic E-state index is 14.5. The Hall–Kier alpha value is -4.36. The number of H-pyrrole nitrogens is 1. The van der Waals surface area contributed by atoms with Crippen LogP contribution >= 0.6 is 0 Å². The van der Waals surface area contributed by atoms with Gasteiger partial charge in [0, 0.05) is 24.4 Å². The Morgan fingerprint density at radius 3 is 2.71 bits per heavy atom. The quantitative estimate of drug-likeness (QED) is 0.165. The lowest BCUT2D eigenvalue weighted by atomic mass is 10.1. The van der Waals surface area contributed by atoms with Crippen LogP contribution in [0.3, 0.4) is 0 Å². The number of ether oxygens (including phenoxy) is 1. The number of amides is 2. The van der Waals surface area contributed by atoms with Crippen LogP contribution in [-0.2, 0) is 6.54 Å². The van der Waals surface area contributed by atoms with E-state index in [9.17, 15) is 24.1 Å². The summed E-state index contributed by atoms with van der Waals surface area (Å²) >= 11 is 0. The monoisotopic (exact) mass is 485 g/mol. The molecule has 0 aliphatic carbocycles. The third-order valence-electron chi connectivity index (χ3n) is 4.91. The summed E-state index contributed by atoms with van der Waals surface area (Å²) in [6.45, 7) is 1.54. The zero-order valence-electron chi connectivity index (χ0n) is 18.8. The largest absolute Gasteiger partial charge is 0.494 e.